The number of benzene rings is 1. The van der Waals surface area contributed by atoms with Crippen LogP contribution in [0.3, 0.4) is 0 Å². The van der Waals surface area contributed by atoms with Crippen LogP contribution in [0.4, 0.5) is 0 Å². The second kappa shape index (κ2) is 4.10. The first-order valence-electron chi connectivity index (χ1n) is 4.84. The number of hydrogen-bond acceptors (Lipinski definition) is 3. The maximum absolute atomic E-state index is 11.9. The molecule has 0 atom stereocenters. The summed E-state index contributed by atoms with van der Waals surface area (Å²) in [4.78, 5) is 22.9. The Bertz CT molecular complexity index is 529. The Morgan fingerprint density at radius 3 is 2.44 bits per heavy atom. The number of H-pyrrole nitrogens is 1. The van der Waals surface area contributed by atoms with Crippen LogP contribution in [0.25, 0.3) is 0 Å². The minimum absolute atomic E-state index is 0.164. The summed E-state index contributed by atoms with van der Waals surface area (Å²) in [7, 11) is 0. The maximum atomic E-state index is 11.9. The lowest BCUT2D eigenvalue weighted by molar-refractivity contribution is 0.101. The SMILES string of the molecule is CC(=O)c1cc(C(=O)c2ccccc2)[nH]n1. The molecule has 0 unspecified atom stereocenters. The molecule has 2 rings (SSSR count). The van der Waals surface area contributed by atoms with E-state index in [2.05, 4.69) is 10.2 Å². The van der Waals surface area contributed by atoms with Crippen molar-refractivity contribution in [2.24, 2.45) is 0 Å². The zero-order valence-electron chi connectivity index (χ0n) is 8.73. The van der Waals surface area contributed by atoms with E-state index in [0.29, 0.717) is 11.3 Å². The third kappa shape index (κ3) is 1.91. The van der Waals surface area contributed by atoms with E-state index in [1.165, 1.54) is 13.0 Å². The van der Waals surface area contributed by atoms with E-state index >= 15 is 0 Å². The smallest absolute Gasteiger partial charge is 0.210 e. The van der Waals surface area contributed by atoms with Gasteiger partial charge in [0, 0.05) is 12.5 Å². The quantitative estimate of drug-likeness (QED) is 0.793. The monoisotopic (exact) mass is 214 g/mol. The molecule has 0 saturated heterocycles. The zero-order chi connectivity index (χ0) is 11.5. The van der Waals surface area contributed by atoms with Crippen LogP contribution in [0.15, 0.2) is 36.4 Å². The van der Waals surface area contributed by atoms with Gasteiger partial charge in [-0.15, -0.1) is 0 Å². The number of nitrogens with zero attached hydrogens (tertiary/aromatic N) is 1. The molecule has 0 amide bonds. The third-order valence-electron chi connectivity index (χ3n) is 2.22. The van der Waals surface area contributed by atoms with E-state index in [4.69, 9.17) is 0 Å². The summed E-state index contributed by atoms with van der Waals surface area (Å²) in [6.45, 7) is 1.41. The Morgan fingerprint density at radius 2 is 1.88 bits per heavy atom. The van der Waals surface area contributed by atoms with Crippen LogP contribution in [-0.4, -0.2) is 21.8 Å². The van der Waals surface area contributed by atoms with Gasteiger partial charge in [-0.05, 0) is 6.07 Å². The topological polar surface area (TPSA) is 62.8 Å². The van der Waals surface area contributed by atoms with Gasteiger partial charge in [-0.25, -0.2) is 0 Å². The zero-order valence-corrected chi connectivity index (χ0v) is 8.73. The number of ketones is 2. The molecule has 80 valence electrons. The fourth-order valence-corrected chi connectivity index (χ4v) is 1.36. The van der Waals surface area contributed by atoms with Crippen LogP contribution < -0.4 is 0 Å². The van der Waals surface area contributed by atoms with Crippen LogP contribution in [0.5, 0.6) is 0 Å². The summed E-state index contributed by atoms with van der Waals surface area (Å²) >= 11 is 0. The first-order chi connectivity index (χ1) is 7.68. The predicted octanol–water partition coefficient (Wildman–Crippen LogP) is 1.84. The largest absolute Gasteiger partial charge is 0.293 e. The fourth-order valence-electron chi connectivity index (χ4n) is 1.36. The number of rotatable bonds is 3. The Morgan fingerprint density at radius 1 is 1.19 bits per heavy atom. The summed E-state index contributed by atoms with van der Waals surface area (Å²) in [5.41, 5.74) is 1.18. The van der Waals surface area contributed by atoms with Gasteiger partial charge in [0.2, 0.25) is 5.78 Å². The number of carbonyl (C=O) groups excluding carboxylic acids is 2. The standard InChI is InChI=1S/C12H10N2O2/c1-8(15)10-7-11(14-13-10)12(16)9-5-3-2-4-6-9/h2-7H,1H3,(H,13,14). The Kier molecular flexibility index (Phi) is 2.64. The highest BCUT2D eigenvalue weighted by molar-refractivity contribution is 6.08. The van der Waals surface area contributed by atoms with Gasteiger partial charge < -0.3 is 0 Å². The molecule has 0 bridgehead atoms. The molecule has 16 heavy (non-hydrogen) atoms. The van der Waals surface area contributed by atoms with Crippen molar-refractivity contribution < 1.29 is 9.59 Å². The summed E-state index contributed by atoms with van der Waals surface area (Å²) in [6, 6.07) is 10.3. The normalized spacial score (nSPS) is 10.1. The number of carbonyl (C=O) groups is 2. The van der Waals surface area contributed by atoms with Gasteiger partial charge in [0.05, 0.1) is 0 Å². The average molecular weight is 214 g/mol. The highest BCUT2D eigenvalue weighted by Crippen LogP contribution is 2.08. The second-order valence-electron chi connectivity index (χ2n) is 3.42. The summed E-state index contributed by atoms with van der Waals surface area (Å²) in [6.07, 6.45) is 0. The molecule has 4 nitrogen and oxygen atoms in total. The van der Waals surface area contributed by atoms with Crippen molar-refractivity contribution in [3.63, 3.8) is 0 Å². The molecule has 4 heteroatoms. The van der Waals surface area contributed by atoms with E-state index in [9.17, 15) is 9.59 Å². The molecule has 0 aliphatic heterocycles. The summed E-state index contributed by atoms with van der Waals surface area (Å²) < 4.78 is 0. The van der Waals surface area contributed by atoms with E-state index < -0.39 is 0 Å². The fraction of sp³-hybridized carbons (Fsp3) is 0.0833. The number of hydrogen-bond donors (Lipinski definition) is 1. The number of aromatic nitrogens is 2. The van der Waals surface area contributed by atoms with Crippen LogP contribution in [0.1, 0.15) is 33.5 Å². The van der Waals surface area contributed by atoms with Crippen LogP contribution >= 0.6 is 0 Å². The Labute approximate surface area is 92.3 Å². The van der Waals surface area contributed by atoms with Gasteiger partial charge in [-0.2, -0.15) is 5.10 Å². The lowest BCUT2D eigenvalue weighted by Crippen LogP contribution is -2.01. The molecule has 1 heterocycles. The van der Waals surface area contributed by atoms with Crippen molar-refractivity contribution >= 4 is 11.6 Å². The van der Waals surface area contributed by atoms with E-state index in [0.717, 1.165) is 0 Å². The first kappa shape index (κ1) is 10.3. The maximum Gasteiger partial charge on any atom is 0.210 e. The molecule has 2 aromatic rings. The van der Waals surface area contributed by atoms with Crippen molar-refractivity contribution in [2.75, 3.05) is 0 Å². The average Bonchev–Trinajstić information content (AvgIpc) is 2.78. The number of nitrogens with one attached hydrogen (secondary N) is 1. The third-order valence-corrected chi connectivity index (χ3v) is 2.22. The minimum Gasteiger partial charge on any atom is -0.293 e. The Hall–Kier alpha value is -2.23. The summed E-state index contributed by atoms with van der Waals surface area (Å²) in [5.74, 6) is -0.330. The van der Waals surface area contributed by atoms with Gasteiger partial charge >= 0.3 is 0 Å². The molecule has 0 saturated carbocycles. The minimum atomic E-state index is -0.166. The first-order valence-corrected chi connectivity index (χ1v) is 4.84. The number of aromatic amines is 1. The molecule has 0 radical (unpaired) electrons. The molecule has 0 spiro atoms. The summed E-state index contributed by atoms with van der Waals surface area (Å²) in [5, 5.41) is 6.33. The Balaban J connectivity index is 2.31. The molecular weight excluding hydrogens is 204 g/mol. The van der Waals surface area contributed by atoms with Crippen LogP contribution in [0, 0.1) is 0 Å². The van der Waals surface area contributed by atoms with Crippen LogP contribution in [-0.2, 0) is 0 Å². The van der Waals surface area contributed by atoms with Gasteiger partial charge in [-0.1, -0.05) is 30.3 Å². The second-order valence-corrected chi connectivity index (χ2v) is 3.42. The van der Waals surface area contributed by atoms with Gasteiger partial charge in [0.25, 0.3) is 0 Å². The van der Waals surface area contributed by atoms with Crippen molar-refractivity contribution in [3.05, 3.63) is 53.3 Å². The van der Waals surface area contributed by atoms with Crippen molar-refractivity contribution in [1.82, 2.24) is 10.2 Å². The highest BCUT2D eigenvalue weighted by Gasteiger charge is 2.13. The van der Waals surface area contributed by atoms with E-state index in [1.807, 2.05) is 6.07 Å². The molecule has 0 aliphatic rings. The molecular formula is C12H10N2O2. The van der Waals surface area contributed by atoms with Crippen LogP contribution in [0.2, 0.25) is 0 Å². The van der Waals surface area contributed by atoms with Crippen molar-refractivity contribution in [1.29, 1.82) is 0 Å². The van der Waals surface area contributed by atoms with Crippen molar-refractivity contribution in [2.45, 2.75) is 6.92 Å². The van der Waals surface area contributed by atoms with E-state index in [-0.39, 0.29) is 17.3 Å². The molecule has 1 aromatic carbocycles. The van der Waals surface area contributed by atoms with Crippen molar-refractivity contribution in [3.8, 4) is 0 Å². The van der Waals surface area contributed by atoms with Gasteiger partial charge in [-0.3, -0.25) is 14.7 Å². The number of Topliss-reactive ketones (excluding diaryl/α,β-unsaturated/α-hetero) is 1. The molecule has 1 aromatic heterocycles. The molecule has 0 fully saturated rings. The van der Waals surface area contributed by atoms with E-state index in [1.54, 1.807) is 24.3 Å². The molecule has 0 aliphatic carbocycles. The van der Waals surface area contributed by atoms with Gasteiger partial charge in [0.15, 0.2) is 5.78 Å². The lowest BCUT2D eigenvalue weighted by Gasteiger charge is -1.95. The van der Waals surface area contributed by atoms with Gasteiger partial charge in [0.1, 0.15) is 11.4 Å². The predicted molar refractivity (Wildman–Crippen MR) is 58.5 cm³/mol. The molecule has 1 N–H and O–H groups in total. The lowest BCUT2D eigenvalue weighted by atomic mass is 10.1. The highest BCUT2D eigenvalue weighted by atomic mass is 16.1.